The Labute approximate surface area is 104 Å². The fraction of sp³-hybridized carbons (Fsp3) is 0.0714. The van der Waals surface area contributed by atoms with Gasteiger partial charge in [0.15, 0.2) is 5.76 Å². The molecule has 88 valence electrons. The van der Waals surface area contributed by atoms with Gasteiger partial charge in [0.25, 0.3) is 0 Å². The lowest BCUT2D eigenvalue weighted by Gasteiger charge is -1.95. The van der Waals surface area contributed by atoms with E-state index in [9.17, 15) is 0 Å². The Kier molecular flexibility index (Phi) is 2.61. The Hall–Kier alpha value is -2.49. The van der Waals surface area contributed by atoms with Crippen LogP contribution in [-0.2, 0) is 0 Å². The van der Waals surface area contributed by atoms with Crippen LogP contribution in [0.1, 0.15) is 5.69 Å². The predicted octanol–water partition coefficient (Wildman–Crippen LogP) is 3.11. The molecule has 0 bridgehead atoms. The summed E-state index contributed by atoms with van der Waals surface area (Å²) >= 11 is 0. The average Bonchev–Trinajstić information content (AvgIpc) is 2.83. The number of hydrogen-bond acceptors (Lipinski definition) is 4. The van der Waals surface area contributed by atoms with Crippen molar-refractivity contribution in [2.75, 3.05) is 0 Å². The van der Waals surface area contributed by atoms with Crippen molar-refractivity contribution in [3.8, 4) is 23.0 Å². The number of oxazole rings is 1. The summed E-state index contributed by atoms with van der Waals surface area (Å²) < 4.78 is 5.75. The van der Waals surface area contributed by atoms with Crippen LogP contribution in [0.5, 0.6) is 0 Å². The van der Waals surface area contributed by atoms with Crippen LogP contribution in [0.15, 0.2) is 53.2 Å². The van der Waals surface area contributed by atoms with Crippen molar-refractivity contribution in [1.82, 2.24) is 15.0 Å². The molecule has 0 aromatic carbocycles. The van der Waals surface area contributed by atoms with Crippen LogP contribution < -0.4 is 0 Å². The molecular weight excluding hydrogens is 226 g/mol. The molecule has 0 aliphatic rings. The van der Waals surface area contributed by atoms with Crippen molar-refractivity contribution in [2.24, 2.45) is 0 Å². The zero-order valence-corrected chi connectivity index (χ0v) is 9.87. The summed E-state index contributed by atoms with van der Waals surface area (Å²) in [6, 6.07) is 11.3. The van der Waals surface area contributed by atoms with Crippen molar-refractivity contribution >= 4 is 0 Å². The van der Waals surface area contributed by atoms with Crippen LogP contribution >= 0.6 is 0 Å². The van der Waals surface area contributed by atoms with Gasteiger partial charge in [-0.25, -0.2) is 4.98 Å². The SMILES string of the molecule is Cc1nc(-c2ccccn2)oc1-c1ccccn1. The third-order valence-electron chi connectivity index (χ3n) is 2.58. The third kappa shape index (κ3) is 1.88. The van der Waals surface area contributed by atoms with Gasteiger partial charge in [-0.2, -0.15) is 0 Å². The van der Waals surface area contributed by atoms with Gasteiger partial charge < -0.3 is 4.42 Å². The number of nitrogens with zero attached hydrogens (tertiary/aromatic N) is 3. The van der Waals surface area contributed by atoms with Crippen molar-refractivity contribution < 1.29 is 4.42 Å². The van der Waals surface area contributed by atoms with E-state index in [1.807, 2.05) is 43.3 Å². The highest BCUT2D eigenvalue weighted by Gasteiger charge is 2.14. The van der Waals surface area contributed by atoms with Crippen LogP contribution in [0.2, 0.25) is 0 Å². The molecule has 3 aromatic rings. The second-order valence-electron chi connectivity index (χ2n) is 3.86. The van der Waals surface area contributed by atoms with Gasteiger partial charge >= 0.3 is 0 Å². The summed E-state index contributed by atoms with van der Waals surface area (Å²) in [5, 5.41) is 0. The molecule has 0 saturated carbocycles. The molecule has 4 heteroatoms. The monoisotopic (exact) mass is 237 g/mol. The lowest BCUT2D eigenvalue weighted by Crippen LogP contribution is -1.81. The number of rotatable bonds is 2. The van der Waals surface area contributed by atoms with Crippen molar-refractivity contribution in [3.63, 3.8) is 0 Å². The molecule has 3 rings (SSSR count). The van der Waals surface area contributed by atoms with E-state index in [-0.39, 0.29) is 0 Å². The van der Waals surface area contributed by atoms with E-state index < -0.39 is 0 Å². The molecule has 3 aromatic heterocycles. The van der Waals surface area contributed by atoms with Gasteiger partial charge in [-0.15, -0.1) is 0 Å². The molecule has 0 saturated heterocycles. The summed E-state index contributed by atoms with van der Waals surface area (Å²) in [6.45, 7) is 1.90. The summed E-state index contributed by atoms with van der Waals surface area (Å²) in [5.74, 6) is 1.21. The quantitative estimate of drug-likeness (QED) is 0.687. The second kappa shape index (κ2) is 4.41. The Bertz CT molecular complexity index is 647. The lowest BCUT2D eigenvalue weighted by molar-refractivity contribution is 0.583. The molecule has 4 nitrogen and oxygen atoms in total. The molecule has 0 aliphatic heterocycles. The molecule has 0 amide bonds. The van der Waals surface area contributed by atoms with Crippen LogP contribution in [0.25, 0.3) is 23.0 Å². The van der Waals surface area contributed by atoms with E-state index in [1.54, 1.807) is 12.4 Å². The van der Waals surface area contributed by atoms with E-state index in [0.717, 1.165) is 17.1 Å². The number of pyridine rings is 2. The summed E-state index contributed by atoms with van der Waals surface area (Å²) in [7, 11) is 0. The maximum Gasteiger partial charge on any atom is 0.245 e. The van der Waals surface area contributed by atoms with E-state index in [1.165, 1.54) is 0 Å². The number of aryl methyl sites for hydroxylation is 1. The molecule has 18 heavy (non-hydrogen) atoms. The molecule has 0 unspecified atom stereocenters. The van der Waals surface area contributed by atoms with Gasteiger partial charge in [-0.1, -0.05) is 12.1 Å². The Morgan fingerprint density at radius 3 is 2.17 bits per heavy atom. The second-order valence-corrected chi connectivity index (χ2v) is 3.86. The first-order valence-corrected chi connectivity index (χ1v) is 5.65. The van der Waals surface area contributed by atoms with Crippen molar-refractivity contribution in [3.05, 3.63) is 54.5 Å². The molecule has 0 radical (unpaired) electrons. The minimum Gasteiger partial charge on any atom is -0.433 e. The standard InChI is InChI=1S/C14H11N3O/c1-10-13(11-6-2-4-8-15-11)18-14(17-10)12-7-3-5-9-16-12/h2-9H,1H3. The molecule has 0 spiro atoms. The topological polar surface area (TPSA) is 51.8 Å². The zero-order chi connectivity index (χ0) is 12.4. The average molecular weight is 237 g/mol. The minimum absolute atomic E-state index is 0.522. The fourth-order valence-corrected chi connectivity index (χ4v) is 1.73. The Morgan fingerprint density at radius 2 is 1.56 bits per heavy atom. The summed E-state index contributed by atoms with van der Waals surface area (Å²) in [4.78, 5) is 12.9. The molecule has 0 fully saturated rings. The Balaban J connectivity index is 2.07. The summed E-state index contributed by atoms with van der Waals surface area (Å²) in [5.41, 5.74) is 2.32. The first-order chi connectivity index (χ1) is 8.84. The van der Waals surface area contributed by atoms with Crippen molar-refractivity contribution in [1.29, 1.82) is 0 Å². The first-order valence-electron chi connectivity index (χ1n) is 5.65. The largest absolute Gasteiger partial charge is 0.433 e. The van der Waals surface area contributed by atoms with E-state index in [0.29, 0.717) is 11.7 Å². The highest BCUT2D eigenvalue weighted by molar-refractivity contribution is 5.58. The molecule has 0 aliphatic carbocycles. The van der Waals surface area contributed by atoms with Gasteiger partial charge in [0, 0.05) is 12.4 Å². The number of aromatic nitrogens is 3. The highest BCUT2D eigenvalue weighted by atomic mass is 16.4. The van der Waals surface area contributed by atoms with Crippen LogP contribution in [0.4, 0.5) is 0 Å². The fourth-order valence-electron chi connectivity index (χ4n) is 1.73. The van der Waals surface area contributed by atoms with E-state index >= 15 is 0 Å². The predicted molar refractivity (Wildman–Crippen MR) is 67.7 cm³/mol. The normalized spacial score (nSPS) is 10.5. The maximum atomic E-state index is 5.75. The van der Waals surface area contributed by atoms with Crippen LogP contribution in [-0.4, -0.2) is 15.0 Å². The molecule has 0 N–H and O–H groups in total. The smallest absolute Gasteiger partial charge is 0.245 e. The zero-order valence-electron chi connectivity index (χ0n) is 9.87. The third-order valence-corrected chi connectivity index (χ3v) is 2.58. The summed E-state index contributed by atoms with van der Waals surface area (Å²) in [6.07, 6.45) is 3.45. The van der Waals surface area contributed by atoms with Crippen LogP contribution in [0.3, 0.4) is 0 Å². The van der Waals surface area contributed by atoms with Gasteiger partial charge in [0.1, 0.15) is 11.4 Å². The van der Waals surface area contributed by atoms with Gasteiger partial charge in [0.05, 0.1) is 5.69 Å². The van der Waals surface area contributed by atoms with Crippen molar-refractivity contribution in [2.45, 2.75) is 6.92 Å². The highest BCUT2D eigenvalue weighted by Crippen LogP contribution is 2.26. The van der Waals surface area contributed by atoms with Gasteiger partial charge in [-0.05, 0) is 31.2 Å². The van der Waals surface area contributed by atoms with Gasteiger partial charge in [-0.3, -0.25) is 9.97 Å². The number of hydrogen-bond donors (Lipinski definition) is 0. The molecule has 3 heterocycles. The Morgan fingerprint density at radius 1 is 0.889 bits per heavy atom. The lowest BCUT2D eigenvalue weighted by atomic mass is 10.2. The molecular formula is C14H11N3O. The molecule has 0 atom stereocenters. The minimum atomic E-state index is 0.522. The van der Waals surface area contributed by atoms with Crippen LogP contribution in [0, 0.1) is 6.92 Å². The first kappa shape index (κ1) is 10.7. The van der Waals surface area contributed by atoms with Gasteiger partial charge in [0.2, 0.25) is 5.89 Å². The van der Waals surface area contributed by atoms with E-state index in [4.69, 9.17) is 4.42 Å². The maximum absolute atomic E-state index is 5.75. The van der Waals surface area contributed by atoms with E-state index in [2.05, 4.69) is 15.0 Å².